The molecule has 198 valence electrons. The Labute approximate surface area is 214 Å². The fraction of sp³-hybridized carbons (Fsp3) is 0.654. The van der Waals surface area contributed by atoms with Gasteiger partial charge in [0.1, 0.15) is 23.4 Å². The minimum Gasteiger partial charge on any atom is -0.508 e. The molecule has 0 aliphatic carbocycles. The van der Waals surface area contributed by atoms with Crippen LogP contribution < -0.4 is 10.6 Å². The second kappa shape index (κ2) is 15.5. The van der Waals surface area contributed by atoms with Crippen LogP contribution in [0.2, 0.25) is 0 Å². The van der Waals surface area contributed by atoms with Crippen molar-refractivity contribution in [3.05, 3.63) is 29.8 Å². The topological polar surface area (TPSA) is 108 Å². The lowest BCUT2D eigenvalue weighted by molar-refractivity contribution is -0.142. The highest BCUT2D eigenvalue weighted by Crippen LogP contribution is 2.25. The second-order valence-corrected chi connectivity index (χ2v) is 10.5. The zero-order chi connectivity index (χ0) is 26.4. The van der Waals surface area contributed by atoms with Crippen molar-refractivity contribution in [1.82, 2.24) is 15.5 Å². The van der Waals surface area contributed by atoms with E-state index in [0.29, 0.717) is 37.2 Å². The van der Waals surface area contributed by atoms with E-state index in [4.69, 9.17) is 4.74 Å². The number of nitrogens with one attached hydrogen (secondary N) is 2. The molecule has 0 saturated carbocycles. The summed E-state index contributed by atoms with van der Waals surface area (Å²) in [6, 6.07) is 4.59. The van der Waals surface area contributed by atoms with Gasteiger partial charge in [0.15, 0.2) is 0 Å². The second-order valence-electron chi connectivity index (χ2n) is 9.50. The lowest BCUT2D eigenvalue weighted by atomic mass is 10.0. The summed E-state index contributed by atoms with van der Waals surface area (Å²) < 4.78 is 5.39. The highest BCUT2D eigenvalue weighted by Gasteiger charge is 2.35. The maximum absolute atomic E-state index is 13.8. The van der Waals surface area contributed by atoms with Crippen molar-refractivity contribution < 1.29 is 24.2 Å². The summed E-state index contributed by atoms with van der Waals surface area (Å²) in [7, 11) is 0. The molecule has 9 heteroatoms. The monoisotopic (exact) mass is 509 g/mol. The first-order valence-corrected chi connectivity index (χ1v) is 13.8. The first kappa shape index (κ1) is 30.6. The van der Waals surface area contributed by atoms with Crippen LogP contribution in [0.25, 0.3) is 0 Å². The number of unbranched alkanes of at least 4 members (excludes halogenated alkanes) is 2. The van der Waals surface area contributed by atoms with Gasteiger partial charge in [0.2, 0.25) is 11.8 Å². The van der Waals surface area contributed by atoms with Gasteiger partial charge < -0.3 is 25.4 Å². The molecular weight excluding hydrogens is 466 g/mol. The van der Waals surface area contributed by atoms with Gasteiger partial charge in [-0.3, -0.25) is 9.59 Å². The van der Waals surface area contributed by atoms with Crippen LogP contribution in [0.5, 0.6) is 5.75 Å². The van der Waals surface area contributed by atoms with E-state index >= 15 is 0 Å². The number of ether oxygens (including phenoxy) is 1. The fourth-order valence-electron chi connectivity index (χ4n) is 3.56. The number of benzene rings is 1. The van der Waals surface area contributed by atoms with E-state index < -0.39 is 23.8 Å². The number of alkyl carbamates (subject to hydrolysis) is 1. The van der Waals surface area contributed by atoms with E-state index in [1.165, 1.54) is 17.0 Å². The van der Waals surface area contributed by atoms with Gasteiger partial charge in [-0.1, -0.05) is 38.8 Å². The minimum atomic E-state index is -0.887. The molecule has 3 N–H and O–H groups in total. The molecule has 2 atom stereocenters. The lowest BCUT2D eigenvalue weighted by Gasteiger charge is -2.34. The highest BCUT2D eigenvalue weighted by atomic mass is 32.2. The van der Waals surface area contributed by atoms with Crippen molar-refractivity contribution in [3.63, 3.8) is 0 Å². The maximum atomic E-state index is 13.8. The third-order valence-corrected chi connectivity index (χ3v) is 5.84. The average Bonchev–Trinajstić information content (AvgIpc) is 2.78. The molecule has 1 rings (SSSR count). The summed E-state index contributed by atoms with van der Waals surface area (Å²) in [5, 5.41) is 15.5. The summed E-state index contributed by atoms with van der Waals surface area (Å²) in [6.45, 7) is 10.2. The summed E-state index contributed by atoms with van der Waals surface area (Å²) in [5.74, 6) is 0.107. The molecule has 0 aliphatic heterocycles. The van der Waals surface area contributed by atoms with Gasteiger partial charge in [0.25, 0.3) is 0 Å². The predicted molar refractivity (Wildman–Crippen MR) is 142 cm³/mol. The van der Waals surface area contributed by atoms with Crippen LogP contribution in [0.3, 0.4) is 0 Å². The lowest BCUT2D eigenvalue weighted by Crippen LogP contribution is -2.53. The number of carbonyl (C=O) groups excluding carboxylic acids is 3. The molecule has 0 aliphatic rings. The third kappa shape index (κ3) is 11.2. The van der Waals surface area contributed by atoms with Gasteiger partial charge in [-0.15, -0.1) is 0 Å². The Balaban J connectivity index is 3.29. The van der Waals surface area contributed by atoms with Gasteiger partial charge >= 0.3 is 6.09 Å². The van der Waals surface area contributed by atoms with Crippen molar-refractivity contribution >= 4 is 29.7 Å². The van der Waals surface area contributed by atoms with Crippen LogP contribution in [0.15, 0.2) is 24.3 Å². The normalized spacial score (nSPS) is 13.0. The van der Waals surface area contributed by atoms with Crippen molar-refractivity contribution in [2.75, 3.05) is 25.1 Å². The predicted octanol–water partition coefficient (Wildman–Crippen LogP) is 4.62. The Bertz CT molecular complexity index is 795. The number of rotatable bonds is 14. The van der Waals surface area contributed by atoms with Gasteiger partial charge in [0, 0.05) is 13.1 Å². The number of nitrogens with zero attached hydrogens (tertiary/aromatic N) is 1. The number of amides is 3. The molecule has 1 aromatic rings. The zero-order valence-electron chi connectivity index (χ0n) is 22.1. The van der Waals surface area contributed by atoms with Crippen LogP contribution in [-0.2, 0) is 14.3 Å². The summed E-state index contributed by atoms with van der Waals surface area (Å²) in [5.41, 5.74) is -0.105. The summed E-state index contributed by atoms with van der Waals surface area (Å²) in [4.78, 5) is 41.2. The minimum absolute atomic E-state index is 0.0775. The Morgan fingerprint density at radius 1 is 1.09 bits per heavy atom. The van der Waals surface area contributed by atoms with Crippen LogP contribution in [0.1, 0.15) is 78.3 Å². The molecule has 1 aromatic carbocycles. The SMILES string of the molecule is CCCCCNC(=O)C(c1ccc(O)cc1)N(CCC)C(=O)C(CCSC)NC(=O)OC(C)(C)C. The molecule has 0 fully saturated rings. The Morgan fingerprint density at radius 3 is 2.29 bits per heavy atom. The molecule has 8 nitrogen and oxygen atoms in total. The average molecular weight is 510 g/mol. The van der Waals surface area contributed by atoms with Crippen molar-refractivity contribution in [1.29, 1.82) is 0 Å². The van der Waals surface area contributed by atoms with Crippen LogP contribution >= 0.6 is 11.8 Å². The number of hydrogen-bond donors (Lipinski definition) is 3. The Hall–Kier alpha value is -2.42. The van der Waals surface area contributed by atoms with Gasteiger partial charge in [0.05, 0.1) is 0 Å². The van der Waals surface area contributed by atoms with E-state index in [1.807, 2.05) is 13.2 Å². The third-order valence-electron chi connectivity index (χ3n) is 5.20. The highest BCUT2D eigenvalue weighted by molar-refractivity contribution is 7.98. The van der Waals surface area contributed by atoms with Crippen LogP contribution in [0, 0.1) is 0 Å². The van der Waals surface area contributed by atoms with Gasteiger partial charge in [-0.05, 0) is 69.7 Å². The quantitative estimate of drug-likeness (QED) is 0.316. The molecule has 0 radical (unpaired) electrons. The van der Waals surface area contributed by atoms with Gasteiger partial charge in [-0.2, -0.15) is 11.8 Å². The molecule has 0 aromatic heterocycles. The molecular formula is C26H43N3O5S. The number of carbonyl (C=O) groups is 3. The summed E-state index contributed by atoms with van der Waals surface area (Å²) in [6.07, 6.45) is 5.18. The van der Waals surface area contributed by atoms with Crippen molar-refractivity contribution in [3.8, 4) is 5.75 Å². The molecule has 0 bridgehead atoms. The van der Waals surface area contributed by atoms with Crippen molar-refractivity contribution in [2.24, 2.45) is 0 Å². The van der Waals surface area contributed by atoms with E-state index in [1.54, 1.807) is 44.7 Å². The zero-order valence-corrected chi connectivity index (χ0v) is 22.9. The van der Waals surface area contributed by atoms with Gasteiger partial charge in [-0.25, -0.2) is 4.79 Å². The number of thioether (sulfide) groups is 1. The van der Waals surface area contributed by atoms with E-state index in [-0.39, 0.29) is 17.6 Å². The number of hydrogen-bond acceptors (Lipinski definition) is 6. The standard InChI is InChI=1S/C26H43N3O5S/c1-7-9-10-16-27-23(31)22(19-11-13-20(30)14-12-19)29(17-8-2)24(32)21(15-18-35-6)28-25(33)34-26(3,4)5/h11-14,21-22,30H,7-10,15-18H2,1-6H3,(H,27,31)(H,28,33). The molecule has 3 amide bonds. The molecule has 0 saturated heterocycles. The Kier molecular flexibility index (Phi) is 13.6. The molecule has 0 spiro atoms. The molecule has 2 unspecified atom stereocenters. The largest absolute Gasteiger partial charge is 0.508 e. The molecule has 0 heterocycles. The fourth-order valence-corrected chi connectivity index (χ4v) is 4.03. The molecule has 35 heavy (non-hydrogen) atoms. The number of aromatic hydroxyl groups is 1. The van der Waals surface area contributed by atoms with Crippen LogP contribution in [0.4, 0.5) is 4.79 Å². The first-order chi connectivity index (χ1) is 16.5. The first-order valence-electron chi connectivity index (χ1n) is 12.4. The van der Waals surface area contributed by atoms with Crippen molar-refractivity contribution in [2.45, 2.75) is 84.4 Å². The van der Waals surface area contributed by atoms with E-state index in [0.717, 1.165) is 19.3 Å². The van der Waals surface area contributed by atoms with E-state index in [2.05, 4.69) is 17.6 Å². The van der Waals surface area contributed by atoms with E-state index in [9.17, 15) is 19.5 Å². The number of phenolic OH excluding ortho intramolecular Hbond substituents is 1. The Morgan fingerprint density at radius 2 is 1.74 bits per heavy atom. The number of phenols is 1. The summed E-state index contributed by atoms with van der Waals surface area (Å²) >= 11 is 1.57. The maximum Gasteiger partial charge on any atom is 0.408 e. The van der Waals surface area contributed by atoms with Crippen LogP contribution in [-0.4, -0.2) is 64.7 Å². The smallest absolute Gasteiger partial charge is 0.408 e.